The summed E-state index contributed by atoms with van der Waals surface area (Å²) in [4.78, 5) is 17.2. The minimum Gasteiger partial charge on any atom is -0.388 e. The molecule has 2 aromatic rings. The second kappa shape index (κ2) is 10.4. The van der Waals surface area contributed by atoms with Gasteiger partial charge in [0.15, 0.2) is 11.6 Å². The Kier molecular flexibility index (Phi) is 8.49. The second-order valence-corrected chi connectivity index (χ2v) is 7.61. The number of anilines is 2. The molecule has 0 saturated carbocycles. The number of carbonyl (C=O) groups is 1. The lowest BCUT2D eigenvalue weighted by molar-refractivity contribution is -0.0365. The van der Waals surface area contributed by atoms with Gasteiger partial charge in [-0.05, 0) is 62.8 Å². The number of hydrogen-bond donors (Lipinski definition) is 3. The number of aliphatic hydroxyl groups is 1. The van der Waals surface area contributed by atoms with Gasteiger partial charge in [0, 0.05) is 10.7 Å². The van der Waals surface area contributed by atoms with Gasteiger partial charge in [0.1, 0.15) is 18.5 Å². The lowest BCUT2D eigenvalue weighted by atomic mass is 10.1. The second-order valence-electron chi connectivity index (χ2n) is 5.51. The highest BCUT2D eigenvalue weighted by Crippen LogP contribution is 2.32. The van der Waals surface area contributed by atoms with Crippen LogP contribution in [0.3, 0.4) is 0 Å². The zero-order chi connectivity index (χ0) is 20.8. The first-order valence-electron chi connectivity index (χ1n) is 7.73. The lowest BCUT2D eigenvalue weighted by Crippen LogP contribution is -2.30. The van der Waals surface area contributed by atoms with Crippen LogP contribution in [0.5, 0.6) is 0 Å². The summed E-state index contributed by atoms with van der Waals surface area (Å²) in [5, 5.41) is 11.9. The number of amides is 1. The number of benzene rings is 2. The maximum absolute atomic E-state index is 14.5. The molecule has 0 radical (unpaired) electrons. The van der Waals surface area contributed by atoms with E-state index >= 15 is 0 Å². The third-order valence-corrected chi connectivity index (χ3v) is 4.65. The van der Waals surface area contributed by atoms with Crippen LogP contribution in [0.2, 0.25) is 0 Å². The first kappa shape index (κ1) is 22.9. The van der Waals surface area contributed by atoms with Gasteiger partial charge in [0.05, 0.1) is 28.0 Å². The zero-order valence-electron chi connectivity index (χ0n) is 14.4. The minimum absolute atomic E-state index is 0.0223. The molecule has 6 nitrogen and oxygen atoms in total. The van der Waals surface area contributed by atoms with Gasteiger partial charge >= 0.3 is 0 Å². The summed E-state index contributed by atoms with van der Waals surface area (Å²) in [6.07, 6.45) is -1.000. The highest BCUT2D eigenvalue weighted by molar-refractivity contribution is 14.1. The summed E-state index contributed by atoms with van der Waals surface area (Å²) in [5.74, 6) is -4.27. The first-order valence-corrected chi connectivity index (χ1v) is 9.60. The number of carbonyl (C=O) groups excluding carboxylic acids is 1. The predicted molar refractivity (Wildman–Crippen MR) is 108 cm³/mol. The summed E-state index contributed by atoms with van der Waals surface area (Å²) in [7, 11) is 1.38. The number of aliphatic hydroxyl groups excluding tert-OH is 1. The Morgan fingerprint density at radius 1 is 1.25 bits per heavy atom. The van der Waals surface area contributed by atoms with Gasteiger partial charge in [-0.3, -0.25) is 9.63 Å². The van der Waals surface area contributed by atoms with Gasteiger partial charge in [-0.15, -0.1) is 0 Å². The Morgan fingerprint density at radius 3 is 2.61 bits per heavy atom. The highest BCUT2D eigenvalue weighted by Gasteiger charge is 2.23. The van der Waals surface area contributed by atoms with Gasteiger partial charge in [0.25, 0.3) is 5.91 Å². The Bertz CT molecular complexity index is 873. The van der Waals surface area contributed by atoms with E-state index in [2.05, 4.69) is 21.2 Å². The summed E-state index contributed by atoms with van der Waals surface area (Å²) < 4.78 is 47.5. The molecule has 3 N–H and O–H groups in total. The van der Waals surface area contributed by atoms with Crippen molar-refractivity contribution in [2.75, 3.05) is 25.6 Å². The largest absolute Gasteiger partial charge is 0.388 e. The number of methoxy groups -OCH3 is 1. The molecule has 0 saturated heterocycles. The molecular formula is C17H15BrF3IN2O4. The van der Waals surface area contributed by atoms with Crippen LogP contribution >= 0.6 is 38.5 Å². The first-order chi connectivity index (χ1) is 13.2. The SMILES string of the molecule is COCC(O)CONC(=O)c1cc(Br)c(F)c(F)c1Nc1ccc(I)cc1F. The fraction of sp³-hybridized carbons (Fsp3) is 0.235. The van der Waals surface area contributed by atoms with Crippen molar-refractivity contribution >= 4 is 55.8 Å². The molecule has 2 aromatic carbocycles. The number of hydrogen-bond acceptors (Lipinski definition) is 5. The zero-order valence-corrected chi connectivity index (χ0v) is 18.1. The maximum atomic E-state index is 14.5. The van der Waals surface area contributed by atoms with Crippen LogP contribution in [-0.2, 0) is 9.57 Å². The predicted octanol–water partition coefficient (Wildman–Crippen LogP) is 3.88. The molecule has 152 valence electrons. The summed E-state index contributed by atoms with van der Waals surface area (Å²) in [5.41, 5.74) is 0.953. The fourth-order valence-corrected chi connectivity index (χ4v) is 2.98. The average Bonchev–Trinajstić information content (AvgIpc) is 2.63. The molecule has 2 rings (SSSR count). The van der Waals surface area contributed by atoms with E-state index in [0.717, 1.165) is 6.07 Å². The standard InChI is InChI=1S/C17H15BrF3IN2O4/c1-27-6-9(25)7-28-24-17(26)10-5-11(18)14(20)15(21)16(10)23-13-3-2-8(22)4-12(13)19/h2-5,9,23,25H,6-7H2,1H3,(H,24,26). The van der Waals surface area contributed by atoms with Crippen LogP contribution < -0.4 is 10.8 Å². The van der Waals surface area contributed by atoms with Gasteiger partial charge in [-0.2, -0.15) is 0 Å². The summed E-state index contributed by atoms with van der Waals surface area (Å²) >= 11 is 4.72. The number of nitrogens with one attached hydrogen (secondary N) is 2. The molecule has 1 atom stereocenters. The van der Waals surface area contributed by atoms with Gasteiger partial charge < -0.3 is 15.2 Å². The smallest absolute Gasteiger partial charge is 0.277 e. The third kappa shape index (κ3) is 5.80. The van der Waals surface area contributed by atoms with Gasteiger partial charge in [-0.1, -0.05) is 0 Å². The van der Waals surface area contributed by atoms with E-state index in [1.807, 2.05) is 28.1 Å². The molecule has 0 aromatic heterocycles. The van der Waals surface area contributed by atoms with Gasteiger partial charge in [0.2, 0.25) is 0 Å². The maximum Gasteiger partial charge on any atom is 0.277 e. The van der Waals surface area contributed by atoms with Crippen molar-refractivity contribution in [2.24, 2.45) is 0 Å². The van der Waals surface area contributed by atoms with Crippen LogP contribution in [-0.4, -0.2) is 37.4 Å². The number of ether oxygens (including phenoxy) is 1. The van der Waals surface area contributed by atoms with Crippen molar-refractivity contribution in [2.45, 2.75) is 6.10 Å². The molecule has 28 heavy (non-hydrogen) atoms. The van der Waals surface area contributed by atoms with Crippen molar-refractivity contribution in [3.05, 3.63) is 55.3 Å². The van der Waals surface area contributed by atoms with E-state index in [9.17, 15) is 23.1 Å². The normalized spacial score (nSPS) is 12.0. The molecule has 0 fully saturated rings. The third-order valence-electron chi connectivity index (χ3n) is 3.40. The van der Waals surface area contributed by atoms with Crippen LogP contribution in [0.15, 0.2) is 28.7 Å². The van der Waals surface area contributed by atoms with Crippen LogP contribution in [0.4, 0.5) is 24.5 Å². The molecule has 0 bridgehead atoms. The average molecular weight is 575 g/mol. The lowest BCUT2D eigenvalue weighted by Gasteiger charge is -2.16. The molecule has 0 aliphatic carbocycles. The molecular weight excluding hydrogens is 560 g/mol. The molecule has 0 heterocycles. The van der Waals surface area contributed by atoms with Crippen LogP contribution in [0.25, 0.3) is 0 Å². The van der Waals surface area contributed by atoms with Crippen molar-refractivity contribution in [1.29, 1.82) is 0 Å². The number of rotatable bonds is 8. The van der Waals surface area contributed by atoms with E-state index in [-0.39, 0.29) is 28.9 Å². The molecule has 1 unspecified atom stereocenters. The monoisotopic (exact) mass is 574 g/mol. The Balaban J connectivity index is 2.29. The van der Waals surface area contributed by atoms with Crippen molar-refractivity contribution in [3.63, 3.8) is 0 Å². The van der Waals surface area contributed by atoms with Crippen LogP contribution in [0.1, 0.15) is 10.4 Å². The Hall–Kier alpha value is -1.41. The van der Waals surface area contributed by atoms with E-state index in [0.29, 0.717) is 3.57 Å². The Morgan fingerprint density at radius 2 is 1.96 bits per heavy atom. The minimum atomic E-state index is -1.38. The quantitative estimate of drug-likeness (QED) is 0.253. The molecule has 0 spiro atoms. The molecule has 0 aliphatic heterocycles. The highest BCUT2D eigenvalue weighted by atomic mass is 127. The molecule has 0 aliphatic rings. The van der Waals surface area contributed by atoms with E-state index in [1.54, 1.807) is 6.07 Å². The van der Waals surface area contributed by atoms with Gasteiger partial charge in [-0.25, -0.2) is 18.7 Å². The number of hydroxylamine groups is 1. The molecule has 11 heteroatoms. The van der Waals surface area contributed by atoms with Crippen LogP contribution in [0, 0.1) is 21.0 Å². The fourth-order valence-electron chi connectivity index (χ4n) is 2.12. The van der Waals surface area contributed by atoms with Crippen molar-refractivity contribution in [1.82, 2.24) is 5.48 Å². The van der Waals surface area contributed by atoms with E-state index < -0.39 is 35.2 Å². The van der Waals surface area contributed by atoms with E-state index in [1.165, 1.54) is 19.2 Å². The van der Waals surface area contributed by atoms with Crippen molar-refractivity contribution < 1.29 is 32.6 Å². The summed E-state index contributed by atoms with van der Waals surface area (Å²) in [6, 6.07) is 5.10. The topological polar surface area (TPSA) is 79.8 Å². The number of halogens is 5. The summed E-state index contributed by atoms with van der Waals surface area (Å²) in [6.45, 7) is -0.315. The van der Waals surface area contributed by atoms with Crippen molar-refractivity contribution in [3.8, 4) is 0 Å². The molecule has 1 amide bonds. The Labute approximate surface area is 180 Å². The van der Waals surface area contributed by atoms with E-state index in [4.69, 9.17) is 9.57 Å².